The van der Waals surface area contributed by atoms with Crippen molar-refractivity contribution in [3.8, 4) is 11.5 Å². The lowest BCUT2D eigenvalue weighted by Crippen LogP contribution is -2.07. The van der Waals surface area contributed by atoms with Gasteiger partial charge < -0.3 is 9.15 Å². The number of esters is 1. The lowest BCUT2D eigenvalue weighted by molar-refractivity contribution is -0.142. The third-order valence-electron chi connectivity index (χ3n) is 3.53. The summed E-state index contributed by atoms with van der Waals surface area (Å²) >= 11 is 3.02. The molecule has 3 aromatic rings. The Morgan fingerprint density at radius 3 is 2.81 bits per heavy atom. The third-order valence-corrected chi connectivity index (χ3v) is 5.63. The molecule has 0 saturated heterocycles. The monoisotopic (exact) mass is 389 g/mol. The molecule has 136 valence electrons. The molecule has 3 rings (SSSR count). The summed E-state index contributed by atoms with van der Waals surface area (Å²) < 4.78 is 11.6. The first-order valence-corrected chi connectivity index (χ1v) is 9.98. The summed E-state index contributed by atoms with van der Waals surface area (Å²) in [6, 6.07) is 7.95. The summed E-state index contributed by atoms with van der Waals surface area (Å²) in [5.74, 6) is 0.796. The second kappa shape index (κ2) is 8.46. The Morgan fingerprint density at radius 1 is 1.31 bits per heavy atom. The van der Waals surface area contributed by atoms with Crippen molar-refractivity contribution >= 4 is 29.1 Å². The van der Waals surface area contributed by atoms with Crippen molar-refractivity contribution in [3.05, 3.63) is 46.8 Å². The van der Waals surface area contributed by atoms with Crippen LogP contribution in [0.2, 0.25) is 0 Å². The number of ether oxygens (including phenoxy) is 1. The topological polar surface area (TPSA) is 78.1 Å². The molecule has 0 fully saturated rings. The van der Waals surface area contributed by atoms with Gasteiger partial charge in [0.1, 0.15) is 0 Å². The first kappa shape index (κ1) is 18.6. The molecule has 0 aliphatic rings. The van der Waals surface area contributed by atoms with E-state index in [1.54, 1.807) is 6.92 Å². The van der Waals surface area contributed by atoms with Gasteiger partial charge in [0.15, 0.2) is 4.34 Å². The molecule has 0 amide bonds. The predicted octanol–water partition coefficient (Wildman–Crippen LogP) is 4.46. The average molecular weight is 390 g/mol. The normalized spacial score (nSPS) is 12.1. The van der Waals surface area contributed by atoms with Crippen molar-refractivity contribution < 1.29 is 13.9 Å². The van der Waals surface area contributed by atoms with Crippen molar-refractivity contribution in [1.29, 1.82) is 0 Å². The smallest absolute Gasteiger partial charge is 0.311 e. The van der Waals surface area contributed by atoms with Crippen molar-refractivity contribution in [2.24, 2.45) is 0 Å². The zero-order chi connectivity index (χ0) is 18.5. The van der Waals surface area contributed by atoms with Gasteiger partial charge in [0.05, 0.1) is 24.0 Å². The molecule has 1 unspecified atom stereocenters. The molecule has 0 N–H and O–H groups in total. The van der Waals surface area contributed by atoms with Gasteiger partial charge in [-0.15, -0.1) is 21.5 Å². The number of aromatic nitrogens is 3. The van der Waals surface area contributed by atoms with Crippen LogP contribution in [-0.2, 0) is 16.0 Å². The molecule has 0 radical (unpaired) electrons. The molecular formula is C18H19N3O3S2. The van der Waals surface area contributed by atoms with E-state index in [0.29, 0.717) is 24.1 Å². The summed E-state index contributed by atoms with van der Waals surface area (Å²) in [7, 11) is 0. The van der Waals surface area contributed by atoms with Crippen LogP contribution in [-0.4, -0.2) is 27.8 Å². The van der Waals surface area contributed by atoms with Gasteiger partial charge in [-0.3, -0.25) is 4.79 Å². The molecular weight excluding hydrogens is 370 g/mol. The molecule has 8 heteroatoms. The number of nitrogens with zero attached hydrogens (tertiary/aromatic N) is 3. The van der Waals surface area contributed by atoms with Crippen LogP contribution in [0.4, 0.5) is 0 Å². The fraction of sp³-hybridized carbons (Fsp3) is 0.333. The number of hydrogen-bond acceptors (Lipinski definition) is 8. The molecule has 0 bridgehead atoms. The fourth-order valence-corrected chi connectivity index (χ4v) is 4.21. The molecule has 0 spiro atoms. The summed E-state index contributed by atoms with van der Waals surface area (Å²) in [4.78, 5) is 16.0. The Kier molecular flexibility index (Phi) is 6.05. The van der Waals surface area contributed by atoms with Crippen LogP contribution < -0.4 is 0 Å². The van der Waals surface area contributed by atoms with Crippen molar-refractivity contribution in [3.63, 3.8) is 0 Å². The van der Waals surface area contributed by atoms with Crippen LogP contribution in [0.15, 0.2) is 38.4 Å². The number of thiazole rings is 1. The quantitative estimate of drug-likeness (QED) is 0.436. The maximum absolute atomic E-state index is 11.5. The SMILES string of the molecule is CCOC(=O)Cc1csc(SC(C)c2nnc(-c3ccc(C)cc3)o2)n1. The first-order valence-electron chi connectivity index (χ1n) is 8.22. The third kappa shape index (κ3) is 4.70. The molecule has 26 heavy (non-hydrogen) atoms. The predicted molar refractivity (Wildman–Crippen MR) is 101 cm³/mol. The number of hydrogen-bond donors (Lipinski definition) is 0. The maximum atomic E-state index is 11.5. The minimum Gasteiger partial charge on any atom is -0.466 e. The van der Waals surface area contributed by atoms with E-state index in [4.69, 9.17) is 9.15 Å². The maximum Gasteiger partial charge on any atom is 0.311 e. The van der Waals surface area contributed by atoms with Gasteiger partial charge >= 0.3 is 5.97 Å². The van der Waals surface area contributed by atoms with Gasteiger partial charge in [-0.05, 0) is 32.9 Å². The average Bonchev–Trinajstić information content (AvgIpc) is 3.25. The fourth-order valence-electron chi connectivity index (χ4n) is 2.20. The molecule has 6 nitrogen and oxygen atoms in total. The van der Waals surface area contributed by atoms with E-state index in [0.717, 1.165) is 9.90 Å². The minimum atomic E-state index is -0.262. The Hall–Kier alpha value is -2.19. The van der Waals surface area contributed by atoms with Crippen molar-refractivity contribution in [1.82, 2.24) is 15.2 Å². The number of carbonyl (C=O) groups is 1. The zero-order valence-corrected chi connectivity index (χ0v) is 16.4. The number of rotatable bonds is 7. The molecule has 2 aromatic heterocycles. The minimum absolute atomic E-state index is 0.0386. The second-order valence-corrected chi connectivity index (χ2v) is 8.10. The van der Waals surface area contributed by atoms with Gasteiger partial charge in [0, 0.05) is 10.9 Å². The van der Waals surface area contributed by atoms with Crippen LogP contribution in [0, 0.1) is 6.92 Å². The van der Waals surface area contributed by atoms with Crippen LogP contribution in [0.25, 0.3) is 11.5 Å². The highest BCUT2D eigenvalue weighted by Gasteiger charge is 2.18. The van der Waals surface area contributed by atoms with Gasteiger partial charge in [-0.25, -0.2) is 4.98 Å². The van der Waals surface area contributed by atoms with E-state index in [2.05, 4.69) is 15.2 Å². The van der Waals surface area contributed by atoms with E-state index in [-0.39, 0.29) is 17.6 Å². The van der Waals surface area contributed by atoms with E-state index >= 15 is 0 Å². The highest BCUT2D eigenvalue weighted by Crippen LogP contribution is 2.36. The number of aryl methyl sites for hydroxylation is 1. The summed E-state index contributed by atoms with van der Waals surface area (Å²) in [5.41, 5.74) is 2.80. The van der Waals surface area contributed by atoms with E-state index in [1.807, 2.05) is 43.5 Å². The van der Waals surface area contributed by atoms with Gasteiger partial charge in [0.2, 0.25) is 11.8 Å². The Morgan fingerprint density at radius 2 is 2.08 bits per heavy atom. The molecule has 1 aromatic carbocycles. The van der Waals surface area contributed by atoms with Crippen molar-refractivity contribution in [2.75, 3.05) is 6.61 Å². The highest BCUT2D eigenvalue weighted by molar-refractivity contribution is 8.01. The second-order valence-electron chi connectivity index (χ2n) is 5.66. The first-order chi connectivity index (χ1) is 12.5. The lowest BCUT2D eigenvalue weighted by atomic mass is 10.1. The largest absolute Gasteiger partial charge is 0.466 e. The molecule has 2 heterocycles. The summed E-state index contributed by atoms with van der Waals surface area (Å²) in [6.45, 7) is 6.19. The van der Waals surface area contributed by atoms with Crippen LogP contribution in [0.1, 0.15) is 36.2 Å². The van der Waals surface area contributed by atoms with Crippen molar-refractivity contribution in [2.45, 2.75) is 36.8 Å². The van der Waals surface area contributed by atoms with Gasteiger partial charge in [-0.1, -0.05) is 29.5 Å². The standard InChI is InChI=1S/C18H19N3O3S2/c1-4-23-15(22)9-14-10-25-18(19-14)26-12(3)16-20-21-17(24-16)13-7-5-11(2)6-8-13/h5-8,10,12H,4,9H2,1-3H3. The van der Waals surface area contributed by atoms with E-state index in [9.17, 15) is 4.79 Å². The number of benzene rings is 1. The van der Waals surface area contributed by atoms with E-state index < -0.39 is 0 Å². The van der Waals surface area contributed by atoms with Gasteiger partial charge in [0.25, 0.3) is 0 Å². The summed E-state index contributed by atoms with van der Waals surface area (Å²) in [6.07, 6.45) is 0.192. The Bertz CT molecular complexity index is 874. The number of thioether (sulfide) groups is 1. The molecule has 0 aliphatic heterocycles. The van der Waals surface area contributed by atoms with Crippen LogP contribution in [0.3, 0.4) is 0 Å². The number of carbonyl (C=O) groups excluding carboxylic acids is 1. The van der Waals surface area contributed by atoms with E-state index in [1.165, 1.54) is 28.7 Å². The Labute approximate surface area is 160 Å². The molecule has 0 saturated carbocycles. The zero-order valence-electron chi connectivity index (χ0n) is 14.8. The van der Waals surface area contributed by atoms with Crippen LogP contribution >= 0.6 is 23.1 Å². The Balaban J connectivity index is 1.63. The lowest BCUT2D eigenvalue weighted by Gasteiger charge is -2.03. The van der Waals surface area contributed by atoms with Gasteiger partial charge in [-0.2, -0.15) is 0 Å². The van der Waals surface area contributed by atoms with Crippen LogP contribution in [0.5, 0.6) is 0 Å². The molecule has 0 aliphatic carbocycles. The summed E-state index contributed by atoms with van der Waals surface area (Å²) in [5, 5.41) is 10.1. The molecule has 1 atom stereocenters. The highest BCUT2D eigenvalue weighted by atomic mass is 32.2.